The Hall–Kier alpha value is -1.89. The fourth-order valence-corrected chi connectivity index (χ4v) is 4.00. The molecule has 0 N–H and O–H groups in total. The molecule has 2 rings (SSSR count). The Morgan fingerprint density at radius 2 is 1.75 bits per heavy atom. The molecule has 1 aliphatic heterocycles. The van der Waals surface area contributed by atoms with Crippen LogP contribution in [0.2, 0.25) is 0 Å². The summed E-state index contributed by atoms with van der Waals surface area (Å²) in [6, 6.07) is 5.83. The quantitative estimate of drug-likeness (QED) is 0.771. The molecule has 0 aliphatic carbocycles. The van der Waals surface area contributed by atoms with Crippen LogP contribution in [0.4, 0.5) is 0 Å². The number of carbonyl (C=O) groups is 2. The summed E-state index contributed by atoms with van der Waals surface area (Å²) in [6.07, 6.45) is 2.10. The molecule has 7 heteroatoms. The Kier molecular flexibility index (Phi) is 5.64. The molecule has 1 amide bonds. The van der Waals surface area contributed by atoms with Gasteiger partial charge in [-0.25, -0.2) is 13.2 Å². The highest BCUT2D eigenvalue weighted by molar-refractivity contribution is 7.90. The van der Waals surface area contributed by atoms with Crippen molar-refractivity contribution in [2.45, 2.75) is 25.2 Å². The van der Waals surface area contributed by atoms with E-state index in [-0.39, 0.29) is 23.0 Å². The molecule has 0 spiro atoms. The first kappa shape index (κ1) is 18.4. The SMILES string of the molecule is C[C@H]1C[C@H](C)CN(C(=O)COC(=O)c2ccccc2S(C)(=O)=O)C1. The number of benzene rings is 1. The summed E-state index contributed by atoms with van der Waals surface area (Å²) >= 11 is 0. The average molecular weight is 353 g/mol. The molecule has 132 valence electrons. The molecule has 0 unspecified atom stereocenters. The number of amides is 1. The van der Waals surface area contributed by atoms with E-state index >= 15 is 0 Å². The molecule has 6 nitrogen and oxygen atoms in total. The lowest BCUT2D eigenvalue weighted by Crippen LogP contribution is -2.44. The van der Waals surface area contributed by atoms with E-state index in [9.17, 15) is 18.0 Å². The first-order valence-corrected chi connectivity index (χ1v) is 9.81. The molecule has 2 atom stereocenters. The van der Waals surface area contributed by atoms with Crippen LogP contribution in [0.15, 0.2) is 29.2 Å². The molecule has 1 saturated heterocycles. The Morgan fingerprint density at radius 1 is 1.17 bits per heavy atom. The highest BCUT2D eigenvalue weighted by Crippen LogP contribution is 2.21. The van der Waals surface area contributed by atoms with Gasteiger partial charge < -0.3 is 9.64 Å². The van der Waals surface area contributed by atoms with Crippen LogP contribution < -0.4 is 0 Å². The fourth-order valence-electron chi connectivity index (χ4n) is 3.12. The zero-order chi connectivity index (χ0) is 17.9. The van der Waals surface area contributed by atoms with Crippen molar-refractivity contribution >= 4 is 21.7 Å². The number of rotatable bonds is 4. The zero-order valence-corrected chi connectivity index (χ0v) is 15.0. The number of esters is 1. The second kappa shape index (κ2) is 7.34. The van der Waals surface area contributed by atoms with Gasteiger partial charge in [0.15, 0.2) is 16.4 Å². The second-order valence-corrected chi connectivity index (χ2v) is 8.57. The van der Waals surface area contributed by atoms with Crippen molar-refractivity contribution in [3.63, 3.8) is 0 Å². The number of likely N-dealkylation sites (tertiary alicyclic amines) is 1. The monoisotopic (exact) mass is 353 g/mol. The van der Waals surface area contributed by atoms with Gasteiger partial charge in [-0.3, -0.25) is 4.79 Å². The van der Waals surface area contributed by atoms with Crippen molar-refractivity contribution < 1.29 is 22.7 Å². The standard InChI is InChI=1S/C17H23NO5S/c1-12-8-13(2)10-18(9-12)16(19)11-23-17(20)14-6-4-5-7-15(14)24(3,21)22/h4-7,12-13H,8-11H2,1-3H3/t12-,13-/m0/s1. The summed E-state index contributed by atoms with van der Waals surface area (Å²) in [6.45, 7) is 5.10. The molecule has 0 bridgehead atoms. The minimum Gasteiger partial charge on any atom is -0.452 e. The van der Waals surface area contributed by atoms with Gasteiger partial charge in [0.1, 0.15) is 0 Å². The van der Waals surface area contributed by atoms with Crippen molar-refractivity contribution in [1.82, 2.24) is 4.90 Å². The molecule has 1 aromatic carbocycles. The third kappa shape index (κ3) is 4.56. The lowest BCUT2D eigenvalue weighted by molar-refractivity contribution is -0.137. The van der Waals surface area contributed by atoms with Crippen molar-refractivity contribution in [3.8, 4) is 0 Å². The second-order valence-electron chi connectivity index (χ2n) is 6.59. The Morgan fingerprint density at radius 3 is 2.33 bits per heavy atom. The van der Waals surface area contributed by atoms with E-state index in [1.807, 2.05) is 0 Å². The fraction of sp³-hybridized carbons (Fsp3) is 0.529. The molecule has 0 saturated carbocycles. The van der Waals surface area contributed by atoms with Crippen molar-refractivity contribution in [1.29, 1.82) is 0 Å². The third-order valence-electron chi connectivity index (χ3n) is 4.05. The van der Waals surface area contributed by atoms with Gasteiger partial charge in [0.25, 0.3) is 5.91 Å². The predicted molar refractivity (Wildman–Crippen MR) is 89.4 cm³/mol. The van der Waals surface area contributed by atoms with E-state index in [1.165, 1.54) is 18.2 Å². The Balaban J connectivity index is 2.03. The average Bonchev–Trinajstić information content (AvgIpc) is 2.50. The lowest BCUT2D eigenvalue weighted by atomic mass is 9.92. The van der Waals surface area contributed by atoms with E-state index in [2.05, 4.69) is 13.8 Å². The lowest BCUT2D eigenvalue weighted by Gasteiger charge is -2.34. The highest BCUT2D eigenvalue weighted by Gasteiger charge is 2.26. The van der Waals surface area contributed by atoms with E-state index < -0.39 is 15.8 Å². The number of hydrogen-bond donors (Lipinski definition) is 0. The number of sulfone groups is 1. The summed E-state index contributed by atoms with van der Waals surface area (Å²) < 4.78 is 28.5. The number of nitrogens with zero attached hydrogens (tertiary/aromatic N) is 1. The molecule has 1 aliphatic rings. The summed E-state index contributed by atoms with van der Waals surface area (Å²) in [5.74, 6) is -0.222. The van der Waals surface area contributed by atoms with Crippen LogP contribution in [0, 0.1) is 11.8 Å². The molecule has 1 heterocycles. The van der Waals surface area contributed by atoms with Gasteiger partial charge in [0, 0.05) is 19.3 Å². The number of carbonyl (C=O) groups excluding carboxylic acids is 2. The van der Waals surface area contributed by atoms with Crippen LogP contribution >= 0.6 is 0 Å². The number of piperidine rings is 1. The van der Waals surface area contributed by atoms with E-state index in [0.29, 0.717) is 24.9 Å². The maximum Gasteiger partial charge on any atom is 0.339 e. The van der Waals surface area contributed by atoms with Crippen molar-refractivity contribution in [3.05, 3.63) is 29.8 Å². The Labute approximate surface area is 142 Å². The van der Waals surface area contributed by atoms with Crippen LogP contribution in [0.1, 0.15) is 30.6 Å². The van der Waals surface area contributed by atoms with Gasteiger partial charge in [-0.1, -0.05) is 26.0 Å². The summed E-state index contributed by atoms with van der Waals surface area (Å²) in [7, 11) is -3.55. The maximum atomic E-state index is 12.2. The van der Waals surface area contributed by atoms with Gasteiger partial charge in [-0.15, -0.1) is 0 Å². The topological polar surface area (TPSA) is 80.8 Å². The Bertz CT molecular complexity index is 718. The van der Waals surface area contributed by atoms with Gasteiger partial charge in [-0.05, 0) is 30.4 Å². The first-order chi connectivity index (χ1) is 11.2. The first-order valence-electron chi connectivity index (χ1n) is 7.92. The van der Waals surface area contributed by atoms with Crippen LogP contribution in [-0.2, 0) is 19.4 Å². The predicted octanol–water partition coefficient (Wildman–Crippen LogP) is 1.75. The van der Waals surface area contributed by atoms with Crippen molar-refractivity contribution in [2.75, 3.05) is 26.0 Å². The van der Waals surface area contributed by atoms with Crippen molar-refractivity contribution in [2.24, 2.45) is 11.8 Å². The summed E-state index contributed by atoms with van der Waals surface area (Å²) in [5, 5.41) is 0. The molecule has 1 aromatic rings. The zero-order valence-electron chi connectivity index (χ0n) is 14.2. The molecular formula is C17H23NO5S. The molecule has 0 radical (unpaired) electrons. The number of hydrogen-bond acceptors (Lipinski definition) is 5. The van der Waals surface area contributed by atoms with Gasteiger partial charge in [0.05, 0.1) is 10.5 Å². The van der Waals surface area contributed by atoms with E-state index in [0.717, 1.165) is 12.7 Å². The molecule has 24 heavy (non-hydrogen) atoms. The van der Waals surface area contributed by atoms with E-state index in [1.54, 1.807) is 11.0 Å². The maximum absolute atomic E-state index is 12.2. The van der Waals surface area contributed by atoms with Gasteiger partial charge in [-0.2, -0.15) is 0 Å². The largest absolute Gasteiger partial charge is 0.452 e. The smallest absolute Gasteiger partial charge is 0.339 e. The molecular weight excluding hydrogens is 330 g/mol. The third-order valence-corrected chi connectivity index (χ3v) is 5.21. The van der Waals surface area contributed by atoms with E-state index in [4.69, 9.17) is 4.74 Å². The molecule has 0 aromatic heterocycles. The molecule has 1 fully saturated rings. The van der Waals surface area contributed by atoms with Crippen LogP contribution in [0.5, 0.6) is 0 Å². The minimum atomic E-state index is -3.55. The van der Waals surface area contributed by atoms with Crippen LogP contribution in [-0.4, -0.2) is 51.1 Å². The van der Waals surface area contributed by atoms with Gasteiger partial charge in [0.2, 0.25) is 0 Å². The summed E-state index contributed by atoms with van der Waals surface area (Å²) in [5.41, 5.74) is -0.0480. The normalized spacial score (nSPS) is 21.4. The summed E-state index contributed by atoms with van der Waals surface area (Å²) in [4.78, 5) is 26.0. The van der Waals surface area contributed by atoms with Crippen LogP contribution in [0.3, 0.4) is 0 Å². The number of ether oxygens (including phenoxy) is 1. The van der Waals surface area contributed by atoms with Gasteiger partial charge >= 0.3 is 5.97 Å². The van der Waals surface area contributed by atoms with Crippen LogP contribution in [0.25, 0.3) is 0 Å². The highest BCUT2D eigenvalue weighted by atomic mass is 32.2. The minimum absolute atomic E-state index is 0.0480.